The highest BCUT2D eigenvalue weighted by molar-refractivity contribution is 9.10. The molecule has 2 rings (SSSR count). The minimum Gasteiger partial charge on any atom is -0.375 e. The molecule has 0 heterocycles. The minimum absolute atomic E-state index is 0.143. The minimum atomic E-state index is -0.152. The van der Waals surface area contributed by atoms with Crippen LogP contribution in [0.15, 0.2) is 53.0 Å². The van der Waals surface area contributed by atoms with Gasteiger partial charge in [-0.05, 0) is 29.7 Å². The van der Waals surface area contributed by atoms with Crippen LogP contribution in [-0.4, -0.2) is 13.2 Å². The van der Waals surface area contributed by atoms with Gasteiger partial charge in [-0.25, -0.2) is 0 Å². The van der Waals surface area contributed by atoms with Gasteiger partial charge in [0.25, 0.3) is 0 Å². The van der Waals surface area contributed by atoms with E-state index in [4.69, 9.17) is 22.1 Å². The van der Waals surface area contributed by atoms with E-state index < -0.39 is 0 Å². The predicted molar refractivity (Wildman–Crippen MR) is 87.0 cm³/mol. The van der Waals surface area contributed by atoms with Crippen LogP contribution < -0.4 is 5.73 Å². The molecule has 0 aliphatic heterocycles. The fourth-order valence-corrected chi connectivity index (χ4v) is 3.00. The van der Waals surface area contributed by atoms with Crippen LogP contribution in [-0.2, 0) is 11.2 Å². The van der Waals surface area contributed by atoms with Gasteiger partial charge < -0.3 is 10.5 Å². The lowest BCUT2D eigenvalue weighted by atomic mass is 9.97. The molecule has 20 heavy (non-hydrogen) atoms. The summed E-state index contributed by atoms with van der Waals surface area (Å²) >= 11 is 9.64. The fourth-order valence-electron chi connectivity index (χ4n) is 2.25. The Kier molecular flexibility index (Phi) is 5.61. The molecule has 2 nitrogen and oxygen atoms in total. The smallest absolute Gasteiger partial charge is 0.0975 e. The van der Waals surface area contributed by atoms with Crippen molar-refractivity contribution in [2.75, 3.05) is 7.11 Å². The second-order valence-corrected chi connectivity index (χ2v) is 5.99. The average molecular weight is 355 g/mol. The molecule has 0 bridgehead atoms. The number of rotatable bonds is 5. The summed E-state index contributed by atoms with van der Waals surface area (Å²) in [7, 11) is 1.68. The molecule has 106 valence electrons. The van der Waals surface area contributed by atoms with Crippen LogP contribution in [0.25, 0.3) is 0 Å². The van der Waals surface area contributed by atoms with E-state index in [0.29, 0.717) is 6.42 Å². The summed E-state index contributed by atoms with van der Waals surface area (Å²) in [6.45, 7) is 0. The molecular formula is C16H17BrClNO. The maximum atomic E-state index is 6.30. The van der Waals surface area contributed by atoms with Crippen molar-refractivity contribution in [2.45, 2.75) is 18.6 Å². The summed E-state index contributed by atoms with van der Waals surface area (Å²) < 4.78 is 6.52. The maximum Gasteiger partial charge on any atom is 0.0975 e. The van der Waals surface area contributed by atoms with E-state index in [1.54, 1.807) is 7.11 Å². The zero-order valence-corrected chi connectivity index (χ0v) is 13.6. The van der Waals surface area contributed by atoms with E-state index >= 15 is 0 Å². The Morgan fingerprint density at radius 2 is 1.90 bits per heavy atom. The van der Waals surface area contributed by atoms with E-state index in [1.807, 2.05) is 48.5 Å². The third-order valence-electron chi connectivity index (χ3n) is 3.24. The number of nitrogens with two attached hydrogens (primary N) is 1. The summed E-state index contributed by atoms with van der Waals surface area (Å²) in [4.78, 5) is 0. The highest BCUT2D eigenvalue weighted by atomic mass is 79.9. The normalized spacial score (nSPS) is 14.0. The van der Waals surface area contributed by atoms with Crippen LogP contribution in [0.3, 0.4) is 0 Å². The molecule has 0 radical (unpaired) electrons. The summed E-state index contributed by atoms with van der Waals surface area (Å²) in [6.07, 6.45) is 0.524. The van der Waals surface area contributed by atoms with Gasteiger partial charge in [0, 0.05) is 22.6 Å². The lowest BCUT2D eigenvalue weighted by Crippen LogP contribution is -2.32. The molecule has 2 N–H and O–H groups in total. The van der Waals surface area contributed by atoms with Crippen LogP contribution in [0.5, 0.6) is 0 Å². The van der Waals surface area contributed by atoms with Gasteiger partial charge >= 0.3 is 0 Å². The highest BCUT2D eigenvalue weighted by Gasteiger charge is 2.20. The van der Waals surface area contributed by atoms with Crippen molar-refractivity contribution >= 4 is 27.5 Å². The van der Waals surface area contributed by atoms with E-state index in [9.17, 15) is 0 Å². The third kappa shape index (κ3) is 3.83. The topological polar surface area (TPSA) is 35.2 Å². The Hall–Kier alpha value is -0.870. The molecule has 2 aromatic carbocycles. The molecule has 0 saturated heterocycles. The van der Waals surface area contributed by atoms with E-state index in [2.05, 4.69) is 15.9 Å². The molecular weight excluding hydrogens is 338 g/mol. The molecule has 0 aromatic heterocycles. The van der Waals surface area contributed by atoms with Crippen LogP contribution in [0.1, 0.15) is 17.2 Å². The molecule has 2 aromatic rings. The number of ether oxygens (including phenoxy) is 1. The van der Waals surface area contributed by atoms with E-state index in [1.165, 1.54) is 0 Å². The van der Waals surface area contributed by atoms with E-state index in [0.717, 1.165) is 20.6 Å². The van der Waals surface area contributed by atoms with Gasteiger partial charge in [-0.3, -0.25) is 0 Å². The van der Waals surface area contributed by atoms with Crippen molar-refractivity contribution in [1.29, 1.82) is 0 Å². The van der Waals surface area contributed by atoms with Gasteiger partial charge in [0.15, 0.2) is 0 Å². The Morgan fingerprint density at radius 1 is 1.20 bits per heavy atom. The average Bonchev–Trinajstić information content (AvgIpc) is 2.44. The fraction of sp³-hybridized carbons (Fsp3) is 0.250. The number of hydrogen-bond acceptors (Lipinski definition) is 2. The quantitative estimate of drug-likeness (QED) is 0.866. The van der Waals surface area contributed by atoms with Crippen molar-refractivity contribution < 1.29 is 4.74 Å². The molecule has 0 fully saturated rings. The highest BCUT2D eigenvalue weighted by Crippen LogP contribution is 2.26. The van der Waals surface area contributed by atoms with Crippen LogP contribution >= 0.6 is 27.5 Å². The largest absolute Gasteiger partial charge is 0.375 e. The van der Waals surface area contributed by atoms with Gasteiger partial charge in [-0.2, -0.15) is 0 Å². The standard InChI is InChI=1S/C16H17BrClNO/c1-20-16(11-5-3-2-4-6-11)15(19)9-12-7-8-13(17)10-14(12)18/h2-8,10,15-16H,9,19H2,1H3. The van der Waals surface area contributed by atoms with Crippen LogP contribution in [0, 0.1) is 0 Å². The maximum absolute atomic E-state index is 6.30. The molecule has 0 amide bonds. The zero-order valence-electron chi connectivity index (χ0n) is 11.2. The molecule has 2 atom stereocenters. The number of methoxy groups -OCH3 is 1. The Balaban J connectivity index is 2.15. The summed E-state index contributed by atoms with van der Waals surface area (Å²) in [6, 6.07) is 15.7. The molecule has 0 aliphatic rings. The third-order valence-corrected chi connectivity index (χ3v) is 4.09. The van der Waals surface area contributed by atoms with Crippen molar-refractivity contribution in [3.63, 3.8) is 0 Å². The molecule has 0 spiro atoms. The molecule has 0 aliphatic carbocycles. The van der Waals surface area contributed by atoms with Crippen LogP contribution in [0.2, 0.25) is 5.02 Å². The molecule has 2 unspecified atom stereocenters. The zero-order chi connectivity index (χ0) is 14.5. The first kappa shape index (κ1) is 15.5. The number of halogens is 2. The second-order valence-electron chi connectivity index (χ2n) is 4.67. The lowest BCUT2D eigenvalue weighted by molar-refractivity contribution is 0.0803. The summed E-state index contributed by atoms with van der Waals surface area (Å²) in [5.41, 5.74) is 8.41. The number of benzene rings is 2. The van der Waals surface area contributed by atoms with Gasteiger partial charge in [-0.15, -0.1) is 0 Å². The Morgan fingerprint density at radius 3 is 2.50 bits per heavy atom. The summed E-state index contributed by atoms with van der Waals surface area (Å²) in [5, 5.41) is 0.720. The van der Waals surface area contributed by atoms with Crippen molar-refractivity contribution in [1.82, 2.24) is 0 Å². The van der Waals surface area contributed by atoms with Gasteiger partial charge in [-0.1, -0.05) is 63.9 Å². The predicted octanol–water partition coefficient (Wildman–Crippen LogP) is 4.36. The van der Waals surface area contributed by atoms with Gasteiger partial charge in [0.05, 0.1) is 6.10 Å². The van der Waals surface area contributed by atoms with Crippen molar-refractivity contribution in [3.05, 3.63) is 69.2 Å². The SMILES string of the molecule is COC(c1ccccc1)C(N)Cc1ccc(Br)cc1Cl. The summed E-state index contributed by atoms with van der Waals surface area (Å²) in [5.74, 6) is 0. The monoisotopic (exact) mass is 353 g/mol. The van der Waals surface area contributed by atoms with Gasteiger partial charge in [0.1, 0.15) is 0 Å². The molecule has 0 saturated carbocycles. The lowest BCUT2D eigenvalue weighted by Gasteiger charge is -2.23. The first-order chi connectivity index (χ1) is 9.61. The Bertz CT molecular complexity index is 562. The van der Waals surface area contributed by atoms with Crippen molar-refractivity contribution in [3.8, 4) is 0 Å². The first-order valence-corrected chi connectivity index (χ1v) is 7.56. The molecule has 4 heteroatoms. The first-order valence-electron chi connectivity index (χ1n) is 6.39. The van der Waals surface area contributed by atoms with E-state index in [-0.39, 0.29) is 12.1 Å². The Labute approximate surface area is 133 Å². The van der Waals surface area contributed by atoms with Gasteiger partial charge in [0.2, 0.25) is 0 Å². The number of hydrogen-bond donors (Lipinski definition) is 1. The van der Waals surface area contributed by atoms with Crippen LogP contribution in [0.4, 0.5) is 0 Å². The van der Waals surface area contributed by atoms with Crippen molar-refractivity contribution in [2.24, 2.45) is 5.73 Å². The second kappa shape index (κ2) is 7.23.